The summed E-state index contributed by atoms with van der Waals surface area (Å²) >= 11 is 0. The fourth-order valence-corrected chi connectivity index (χ4v) is 1.90. The van der Waals surface area contributed by atoms with Gasteiger partial charge in [-0.3, -0.25) is 4.79 Å². The molecule has 1 saturated carbocycles. The SMILES string of the molecule is CC(C)(C)n1ccnc(NCC2(CO)CC2)c1=O. The van der Waals surface area contributed by atoms with Gasteiger partial charge >= 0.3 is 0 Å². The Bertz CT molecular complexity index is 484. The van der Waals surface area contributed by atoms with Crippen molar-refractivity contribution in [1.82, 2.24) is 9.55 Å². The number of hydrogen-bond acceptors (Lipinski definition) is 4. The Morgan fingerprint density at radius 1 is 1.50 bits per heavy atom. The van der Waals surface area contributed by atoms with Crippen molar-refractivity contribution in [3.63, 3.8) is 0 Å². The minimum absolute atomic E-state index is 0.0312. The van der Waals surface area contributed by atoms with E-state index in [9.17, 15) is 9.90 Å². The molecule has 0 spiro atoms. The molecule has 0 aromatic carbocycles. The molecule has 1 aromatic rings. The van der Waals surface area contributed by atoms with Crippen molar-refractivity contribution in [3.05, 3.63) is 22.7 Å². The largest absolute Gasteiger partial charge is 0.396 e. The van der Waals surface area contributed by atoms with Gasteiger partial charge in [0.25, 0.3) is 5.56 Å². The topological polar surface area (TPSA) is 67.2 Å². The summed E-state index contributed by atoms with van der Waals surface area (Å²) in [5.74, 6) is 0.368. The van der Waals surface area contributed by atoms with Crippen LogP contribution >= 0.6 is 0 Å². The summed E-state index contributed by atoms with van der Waals surface area (Å²) in [6.07, 6.45) is 5.35. The molecule has 18 heavy (non-hydrogen) atoms. The first-order valence-corrected chi connectivity index (χ1v) is 6.31. The van der Waals surface area contributed by atoms with E-state index >= 15 is 0 Å². The van der Waals surface area contributed by atoms with Crippen molar-refractivity contribution >= 4 is 5.82 Å². The lowest BCUT2D eigenvalue weighted by Gasteiger charge is -2.23. The second kappa shape index (κ2) is 4.39. The highest BCUT2D eigenvalue weighted by atomic mass is 16.3. The second-order valence-electron chi connectivity index (χ2n) is 6.13. The third-order valence-electron chi connectivity index (χ3n) is 3.49. The summed E-state index contributed by atoms with van der Waals surface area (Å²) in [4.78, 5) is 16.3. The van der Waals surface area contributed by atoms with Gasteiger partial charge in [-0.15, -0.1) is 0 Å². The minimum Gasteiger partial charge on any atom is -0.396 e. The highest BCUT2D eigenvalue weighted by Gasteiger charge is 2.41. The Labute approximate surface area is 107 Å². The van der Waals surface area contributed by atoms with Crippen molar-refractivity contribution in [2.45, 2.75) is 39.2 Å². The van der Waals surface area contributed by atoms with Gasteiger partial charge in [-0.05, 0) is 33.6 Å². The summed E-state index contributed by atoms with van der Waals surface area (Å²) in [5, 5.41) is 12.3. The third-order valence-corrected chi connectivity index (χ3v) is 3.49. The van der Waals surface area contributed by atoms with Gasteiger partial charge in [0.2, 0.25) is 0 Å². The summed E-state index contributed by atoms with van der Waals surface area (Å²) in [6, 6.07) is 0. The van der Waals surface area contributed by atoms with Gasteiger partial charge < -0.3 is 15.0 Å². The summed E-state index contributed by atoms with van der Waals surface area (Å²) in [6.45, 7) is 6.72. The summed E-state index contributed by atoms with van der Waals surface area (Å²) < 4.78 is 1.67. The van der Waals surface area contributed by atoms with Gasteiger partial charge in [-0.2, -0.15) is 0 Å². The number of nitrogens with zero attached hydrogens (tertiary/aromatic N) is 2. The zero-order valence-corrected chi connectivity index (χ0v) is 11.2. The zero-order valence-electron chi connectivity index (χ0n) is 11.2. The maximum atomic E-state index is 12.2. The van der Waals surface area contributed by atoms with Crippen LogP contribution < -0.4 is 10.9 Å². The van der Waals surface area contributed by atoms with Gasteiger partial charge in [0.1, 0.15) is 0 Å². The first kappa shape index (κ1) is 13.1. The molecule has 0 bridgehead atoms. The maximum absolute atomic E-state index is 12.2. The molecule has 0 saturated heterocycles. The van der Waals surface area contributed by atoms with Crippen LogP contribution in [0.1, 0.15) is 33.6 Å². The Balaban J connectivity index is 2.17. The molecule has 5 heteroatoms. The van der Waals surface area contributed by atoms with Crippen LogP contribution in [0.4, 0.5) is 5.82 Å². The van der Waals surface area contributed by atoms with Gasteiger partial charge in [-0.25, -0.2) is 4.98 Å². The first-order valence-electron chi connectivity index (χ1n) is 6.31. The molecular weight excluding hydrogens is 230 g/mol. The summed E-state index contributed by atoms with van der Waals surface area (Å²) in [5.41, 5.74) is -0.403. The molecule has 1 aliphatic rings. The number of nitrogens with one attached hydrogen (secondary N) is 1. The van der Waals surface area contributed by atoms with Crippen LogP contribution in [0.25, 0.3) is 0 Å². The van der Waals surface area contributed by atoms with E-state index < -0.39 is 0 Å². The average Bonchev–Trinajstić information content (AvgIpc) is 3.07. The van der Waals surface area contributed by atoms with Crippen LogP contribution in [0.15, 0.2) is 17.2 Å². The Kier molecular flexibility index (Phi) is 3.19. The Hall–Kier alpha value is -1.36. The molecule has 1 aliphatic carbocycles. The Morgan fingerprint density at radius 2 is 2.17 bits per heavy atom. The van der Waals surface area contributed by atoms with Crippen LogP contribution in [0.3, 0.4) is 0 Å². The molecule has 0 amide bonds. The van der Waals surface area contributed by atoms with Crippen LogP contribution in [0, 0.1) is 5.41 Å². The van der Waals surface area contributed by atoms with E-state index in [1.807, 2.05) is 20.8 Å². The second-order valence-corrected chi connectivity index (χ2v) is 6.13. The molecule has 0 radical (unpaired) electrons. The quantitative estimate of drug-likeness (QED) is 0.843. The molecule has 1 heterocycles. The van der Waals surface area contributed by atoms with Gasteiger partial charge in [0.15, 0.2) is 5.82 Å². The van der Waals surface area contributed by atoms with Gasteiger partial charge in [0, 0.05) is 29.9 Å². The molecule has 100 valence electrons. The highest BCUT2D eigenvalue weighted by Crippen LogP contribution is 2.44. The molecule has 1 aromatic heterocycles. The van der Waals surface area contributed by atoms with Crippen molar-refractivity contribution in [3.8, 4) is 0 Å². The van der Waals surface area contributed by atoms with Crippen LogP contribution in [-0.2, 0) is 5.54 Å². The zero-order chi connectivity index (χ0) is 13.4. The molecular formula is C13H21N3O2. The van der Waals surface area contributed by atoms with Crippen molar-refractivity contribution < 1.29 is 5.11 Å². The molecule has 2 rings (SSSR count). The van der Waals surface area contributed by atoms with Gasteiger partial charge in [0.05, 0.1) is 6.61 Å². The molecule has 1 fully saturated rings. The lowest BCUT2D eigenvalue weighted by Crippen LogP contribution is -2.36. The molecule has 2 N–H and O–H groups in total. The van der Waals surface area contributed by atoms with E-state index in [4.69, 9.17) is 0 Å². The molecule has 0 unspecified atom stereocenters. The highest BCUT2D eigenvalue weighted by molar-refractivity contribution is 5.32. The van der Waals surface area contributed by atoms with Crippen molar-refractivity contribution in [2.75, 3.05) is 18.5 Å². The number of aliphatic hydroxyl groups is 1. The number of aliphatic hydroxyl groups excluding tert-OH is 1. The maximum Gasteiger partial charge on any atom is 0.293 e. The normalized spacial score (nSPS) is 17.6. The third kappa shape index (κ3) is 2.56. The van der Waals surface area contributed by atoms with E-state index in [1.165, 1.54) is 0 Å². The fraction of sp³-hybridized carbons (Fsp3) is 0.692. The first-order chi connectivity index (χ1) is 8.38. The van der Waals surface area contributed by atoms with E-state index in [0.29, 0.717) is 12.4 Å². The molecule has 0 atom stereocenters. The van der Waals surface area contributed by atoms with Crippen molar-refractivity contribution in [2.24, 2.45) is 5.41 Å². The van der Waals surface area contributed by atoms with Crippen LogP contribution in [0.5, 0.6) is 0 Å². The minimum atomic E-state index is -0.259. The Morgan fingerprint density at radius 3 is 2.67 bits per heavy atom. The predicted octanol–water partition coefficient (Wildman–Crippen LogP) is 1.18. The monoisotopic (exact) mass is 251 g/mol. The van der Waals surface area contributed by atoms with E-state index in [2.05, 4.69) is 10.3 Å². The summed E-state index contributed by atoms with van der Waals surface area (Å²) in [7, 11) is 0. The average molecular weight is 251 g/mol. The van der Waals surface area contributed by atoms with E-state index in [-0.39, 0.29) is 23.1 Å². The standard InChI is InChI=1S/C13H21N3O2/c1-12(2,3)16-7-6-14-10(11(16)18)15-8-13(9-17)4-5-13/h6-7,17H,4-5,8-9H2,1-3H3,(H,14,15). The lowest BCUT2D eigenvalue weighted by molar-refractivity contribution is 0.219. The van der Waals surface area contributed by atoms with Crippen LogP contribution in [0.2, 0.25) is 0 Å². The fourth-order valence-electron chi connectivity index (χ4n) is 1.90. The molecule has 0 aliphatic heterocycles. The van der Waals surface area contributed by atoms with E-state index in [0.717, 1.165) is 12.8 Å². The lowest BCUT2D eigenvalue weighted by atomic mass is 10.1. The number of aromatic nitrogens is 2. The number of hydrogen-bond donors (Lipinski definition) is 2. The van der Waals surface area contributed by atoms with E-state index in [1.54, 1.807) is 17.0 Å². The number of anilines is 1. The van der Waals surface area contributed by atoms with Gasteiger partial charge in [-0.1, -0.05) is 0 Å². The smallest absolute Gasteiger partial charge is 0.293 e. The number of rotatable bonds is 4. The predicted molar refractivity (Wildman–Crippen MR) is 70.7 cm³/mol. The molecule has 5 nitrogen and oxygen atoms in total. The van der Waals surface area contributed by atoms with Crippen LogP contribution in [-0.4, -0.2) is 27.8 Å². The van der Waals surface area contributed by atoms with Crippen molar-refractivity contribution in [1.29, 1.82) is 0 Å².